The molecule has 0 saturated heterocycles. The number of carbonyl (C=O) groups is 1. The van der Waals surface area contributed by atoms with Crippen LogP contribution in [0.25, 0.3) is 0 Å². The average molecular weight is 216 g/mol. The van der Waals surface area contributed by atoms with Crippen LogP contribution < -0.4 is 5.11 Å². The summed E-state index contributed by atoms with van der Waals surface area (Å²) >= 11 is 2.97. The molecule has 3 nitrogen and oxygen atoms in total. The first-order valence-electron chi connectivity index (χ1n) is 2.81. The zero-order valence-corrected chi connectivity index (χ0v) is 6.96. The highest BCUT2D eigenvalue weighted by atomic mass is 79.9. The van der Waals surface area contributed by atoms with Crippen molar-refractivity contribution in [3.63, 3.8) is 0 Å². The van der Waals surface area contributed by atoms with E-state index in [1.807, 2.05) is 0 Å². The quantitative estimate of drug-likeness (QED) is 0.767. The van der Waals surface area contributed by atoms with Crippen LogP contribution in [0.5, 0.6) is 5.75 Å². The smallest absolute Gasteiger partial charge is 0.335 e. The van der Waals surface area contributed by atoms with Crippen LogP contribution in [0.2, 0.25) is 0 Å². The monoisotopic (exact) mass is 215 g/mol. The minimum atomic E-state index is -1.09. The van der Waals surface area contributed by atoms with Crippen molar-refractivity contribution in [2.75, 3.05) is 0 Å². The Bertz CT molecular complexity index is 296. The molecule has 0 bridgehead atoms. The second-order valence-corrected chi connectivity index (χ2v) is 2.80. The van der Waals surface area contributed by atoms with Crippen molar-refractivity contribution in [2.24, 2.45) is 0 Å². The first-order chi connectivity index (χ1) is 5.11. The van der Waals surface area contributed by atoms with Gasteiger partial charge in [0.25, 0.3) is 0 Å². The van der Waals surface area contributed by atoms with E-state index in [0.29, 0.717) is 4.47 Å². The summed E-state index contributed by atoms with van der Waals surface area (Å²) in [5, 5.41) is 19.3. The van der Waals surface area contributed by atoms with Gasteiger partial charge < -0.3 is 10.2 Å². The molecule has 0 unspecified atom stereocenters. The lowest BCUT2D eigenvalue weighted by Gasteiger charge is -2.07. The summed E-state index contributed by atoms with van der Waals surface area (Å²) in [5.41, 5.74) is 0.0122. The van der Waals surface area contributed by atoms with Gasteiger partial charge in [-0.05, 0) is 12.1 Å². The van der Waals surface area contributed by atoms with Crippen molar-refractivity contribution in [1.82, 2.24) is 0 Å². The number of rotatable bonds is 1. The number of benzene rings is 1. The van der Waals surface area contributed by atoms with Gasteiger partial charge in [-0.15, -0.1) is 0 Å². The lowest BCUT2D eigenvalue weighted by molar-refractivity contribution is -0.269. The van der Waals surface area contributed by atoms with E-state index in [1.165, 1.54) is 12.1 Å². The van der Waals surface area contributed by atoms with Crippen LogP contribution in [-0.2, 0) is 0 Å². The molecule has 0 heterocycles. The van der Waals surface area contributed by atoms with Crippen molar-refractivity contribution in [3.8, 4) is 5.75 Å². The van der Waals surface area contributed by atoms with Crippen molar-refractivity contribution in [3.05, 3.63) is 28.2 Å². The van der Waals surface area contributed by atoms with Crippen LogP contribution >= 0.6 is 15.9 Å². The minimum Gasteiger partial charge on any atom is -0.872 e. The molecule has 1 N–H and O–H groups in total. The van der Waals surface area contributed by atoms with Crippen LogP contribution in [0.3, 0.4) is 0 Å². The third-order valence-corrected chi connectivity index (χ3v) is 1.83. The standard InChI is InChI=1S/C7H5BrO3/c8-5-2-1-4(7(10)11)3-6(5)9/h1-3,9H,(H,10,11)/p-1. The molecule has 4 heteroatoms. The van der Waals surface area contributed by atoms with Crippen molar-refractivity contribution in [1.29, 1.82) is 0 Å². The van der Waals surface area contributed by atoms with E-state index in [0.717, 1.165) is 6.07 Å². The normalized spacial score (nSPS) is 9.55. The fourth-order valence-corrected chi connectivity index (χ4v) is 0.883. The van der Waals surface area contributed by atoms with Gasteiger partial charge in [0.15, 0.2) is 0 Å². The van der Waals surface area contributed by atoms with Gasteiger partial charge in [-0.2, -0.15) is 0 Å². The first-order valence-corrected chi connectivity index (χ1v) is 3.60. The molecule has 1 aromatic carbocycles. The molecule has 0 atom stereocenters. The van der Waals surface area contributed by atoms with Gasteiger partial charge in [-0.1, -0.05) is 27.7 Å². The number of aromatic carboxylic acids is 1. The summed E-state index contributed by atoms with van der Waals surface area (Å²) in [5.74, 6) is -1.40. The number of carboxylic acids is 1. The summed E-state index contributed by atoms with van der Waals surface area (Å²) in [6, 6.07) is 3.87. The zero-order valence-electron chi connectivity index (χ0n) is 5.37. The lowest BCUT2D eigenvalue weighted by Crippen LogP contribution is -1.98. The van der Waals surface area contributed by atoms with E-state index in [-0.39, 0.29) is 11.3 Å². The summed E-state index contributed by atoms with van der Waals surface area (Å²) in [6.07, 6.45) is 0. The summed E-state index contributed by atoms with van der Waals surface area (Å²) < 4.78 is 0.377. The molecular weight excluding hydrogens is 212 g/mol. The molecule has 0 amide bonds. The van der Waals surface area contributed by atoms with E-state index in [2.05, 4.69) is 15.9 Å². The van der Waals surface area contributed by atoms with Gasteiger partial charge >= 0.3 is 5.97 Å². The molecule has 11 heavy (non-hydrogen) atoms. The van der Waals surface area contributed by atoms with Crippen LogP contribution in [0, 0.1) is 0 Å². The summed E-state index contributed by atoms with van der Waals surface area (Å²) in [6.45, 7) is 0. The third kappa shape index (κ3) is 1.71. The van der Waals surface area contributed by atoms with Crippen molar-refractivity contribution in [2.45, 2.75) is 0 Å². The maximum absolute atomic E-state index is 10.8. The SMILES string of the molecule is O=C(O)c1ccc(Br)c([O-])c1. The van der Waals surface area contributed by atoms with Crippen molar-refractivity contribution >= 4 is 21.9 Å². The maximum Gasteiger partial charge on any atom is 0.335 e. The molecule has 0 spiro atoms. The second kappa shape index (κ2) is 2.92. The zero-order chi connectivity index (χ0) is 8.43. The second-order valence-electron chi connectivity index (χ2n) is 1.95. The number of hydrogen-bond donors (Lipinski definition) is 1. The molecule has 0 radical (unpaired) electrons. The van der Waals surface area contributed by atoms with E-state index >= 15 is 0 Å². The van der Waals surface area contributed by atoms with E-state index in [9.17, 15) is 9.90 Å². The molecule has 0 aromatic heterocycles. The van der Waals surface area contributed by atoms with Crippen LogP contribution in [0.15, 0.2) is 22.7 Å². The summed E-state index contributed by atoms with van der Waals surface area (Å²) in [4.78, 5) is 10.3. The van der Waals surface area contributed by atoms with Crippen molar-refractivity contribution < 1.29 is 15.0 Å². The highest BCUT2D eigenvalue weighted by Gasteiger charge is 2.00. The largest absolute Gasteiger partial charge is 0.872 e. The third-order valence-electron chi connectivity index (χ3n) is 1.18. The van der Waals surface area contributed by atoms with Gasteiger partial charge in [0.1, 0.15) is 0 Å². The molecule has 0 aliphatic heterocycles. The number of halogens is 1. The Morgan fingerprint density at radius 1 is 1.55 bits per heavy atom. The fraction of sp³-hybridized carbons (Fsp3) is 0. The number of carboxylic acid groups (broad SMARTS) is 1. The Morgan fingerprint density at radius 2 is 2.18 bits per heavy atom. The van der Waals surface area contributed by atoms with Gasteiger partial charge in [0, 0.05) is 4.47 Å². The van der Waals surface area contributed by atoms with Crippen LogP contribution in [0.1, 0.15) is 10.4 Å². The lowest BCUT2D eigenvalue weighted by atomic mass is 10.2. The van der Waals surface area contributed by atoms with Crippen LogP contribution in [0.4, 0.5) is 0 Å². The predicted molar refractivity (Wildman–Crippen MR) is 40.5 cm³/mol. The predicted octanol–water partition coefficient (Wildman–Crippen LogP) is 1.22. The molecule has 0 aliphatic rings. The highest BCUT2D eigenvalue weighted by molar-refractivity contribution is 9.10. The van der Waals surface area contributed by atoms with Gasteiger partial charge in [0.2, 0.25) is 0 Å². The maximum atomic E-state index is 10.8. The Kier molecular flexibility index (Phi) is 2.14. The Labute approximate surface area is 71.4 Å². The molecule has 0 fully saturated rings. The topological polar surface area (TPSA) is 60.4 Å². The Balaban J connectivity index is 3.15. The Morgan fingerprint density at radius 3 is 2.64 bits per heavy atom. The van der Waals surface area contributed by atoms with E-state index in [1.54, 1.807) is 0 Å². The summed E-state index contributed by atoms with van der Waals surface area (Å²) in [7, 11) is 0. The average Bonchev–Trinajstić information content (AvgIpc) is 1.94. The molecule has 0 saturated carbocycles. The Hall–Kier alpha value is -1.03. The minimum absolute atomic E-state index is 0.0122. The molecular formula is C7H4BrO3-. The van der Waals surface area contributed by atoms with Gasteiger partial charge in [-0.25, -0.2) is 4.79 Å². The van der Waals surface area contributed by atoms with Gasteiger partial charge in [0.05, 0.1) is 5.56 Å². The van der Waals surface area contributed by atoms with Gasteiger partial charge in [-0.3, -0.25) is 0 Å². The van der Waals surface area contributed by atoms with E-state index in [4.69, 9.17) is 5.11 Å². The molecule has 1 rings (SSSR count). The highest BCUT2D eigenvalue weighted by Crippen LogP contribution is 2.21. The number of hydrogen-bond acceptors (Lipinski definition) is 2. The first kappa shape index (κ1) is 8.07. The molecule has 58 valence electrons. The molecule has 0 aliphatic carbocycles. The van der Waals surface area contributed by atoms with Crippen LogP contribution in [-0.4, -0.2) is 11.1 Å². The molecule has 1 aromatic rings. The van der Waals surface area contributed by atoms with E-state index < -0.39 is 5.97 Å². The fourth-order valence-electron chi connectivity index (χ4n) is 0.636.